The van der Waals surface area contributed by atoms with Gasteiger partial charge in [0.1, 0.15) is 0 Å². The van der Waals surface area contributed by atoms with Gasteiger partial charge in [-0.2, -0.15) is 0 Å². The summed E-state index contributed by atoms with van der Waals surface area (Å²) in [5, 5.41) is 0. The minimum absolute atomic E-state index is 0.525. The van der Waals surface area contributed by atoms with Crippen molar-refractivity contribution >= 4 is 0 Å². The van der Waals surface area contributed by atoms with Gasteiger partial charge in [0.25, 0.3) is 0 Å². The molecule has 1 atom stereocenters. The van der Waals surface area contributed by atoms with Gasteiger partial charge >= 0.3 is 0 Å². The molecule has 0 amide bonds. The van der Waals surface area contributed by atoms with Crippen LogP contribution in [-0.4, -0.2) is 0 Å². The minimum Gasteiger partial charge on any atom is -0.0628 e. The molecule has 13 heavy (non-hydrogen) atoms. The highest BCUT2D eigenvalue weighted by atomic mass is 14.2. The normalized spacial score (nSPS) is 15.0. The van der Waals surface area contributed by atoms with Crippen LogP contribution in [0.2, 0.25) is 0 Å². The molecule has 0 nitrogen and oxygen atoms in total. The van der Waals surface area contributed by atoms with Crippen LogP contribution >= 0.6 is 0 Å². The van der Waals surface area contributed by atoms with Crippen LogP contribution in [0.1, 0.15) is 67.2 Å². The molecule has 0 aliphatic rings. The summed E-state index contributed by atoms with van der Waals surface area (Å²) in [6, 6.07) is 0. The predicted octanol–water partition coefficient (Wildman–Crippen LogP) is 4.89. The molecule has 80 valence electrons. The van der Waals surface area contributed by atoms with Gasteiger partial charge < -0.3 is 0 Å². The standard InChI is InChI=1S/C13H28/c1-11(2)10-12(3)8-7-9-13(4,5)6/h11-12H,7-10H2,1-6H3. The Balaban J connectivity index is 3.42. The van der Waals surface area contributed by atoms with Crippen molar-refractivity contribution in [3.8, 4) is 0 Å². The van der Waals surface area contributed by atoms with Crippen molar-refractivity contribution in [2.75, 3.05) is 0 Å². The molecule has 0 heterocycles. The highest BCUT2D eigenvalue weighted by molar-refractivity contribution is 4.63. The number of hydrogen-bond donors (Lipinski definition) is 0. The van der Waals surface area contributed by atoms with E-state index in [1.165, 1.54) is 25.7 Å². The molecule has 0 aromatic carbocycles. The van der Waals surface area contributed by atoms with Gasteiger partial charge in [0, 0.05) is 0 Å². The lowest BCUT2D eigenvalue weighted by atomic mass is 9.86. The molecule has 0 aromatic heterocycles. The lowest BCUT2D eigenvalue weighted by Crippen LogP contribution is -2.06. The number of rotatable bonds is 5. The summed E-state index contributed by atoms with van der Waals surface area (Å²) in [5.41, 5.74) is 0.525. The van der Waals surface area contributed by atoms with E-state index in [1.807, 2.05) is 0 Å². The second-order valence-electron chi connectivity index (χ2n) is 6.19. The maximum atomic E-state index is 2.39. The summed E-state index contributed by atoms with van der Waals surface area (Å²) < 4.78 is 0. The zero-order chi connectivity index (χ0) is 10.5. The van der Waals surface area contributed by atoms with E-state index in [2.05, 4.69) is 41.5 Å². The first-order chi connectivity index (χ1) is 5.81. The summed E-state index contributed by atoms with van der Waals surface area (Å²) >= 11 is 0. The molecule has 0 radical (unpaired) electrons. The van der Waals surface area contributed by atoms with Crippen molar-refractivity contribution in [2.45, 2.75) is 67.2 Å². The molecule has 0 saturated carbocycles. The van der Waals surface area contributed by atoms with Gasteiger partial charge in [0.15, 0.2) is 0 Å². The van der Waals surface area contributed by atoms with Gasteiger partial charge in [-0.1, -0.05) is 54.4 Å². The topological polar surface area (TPSA) is 0 Å². The van der Waals surface area contributed by atoms with Crippen molar-refractivity contribution in [1.29, 1.82) is 0 Å². The summed E-state index contributed by atoms with van der Waals surface area (Å²) in [4.78, 5) is 0. The summed E-state index contributed by atoms with van der Waals surface area (Å²) in [7, 11) is 0. The minimum atomic E-state index is 0.525. The van der Waals surface area contributed by atoms with Crippen molar-refractivity contribution in [1.82, 2.24) is 0 Å². The van der Waals surface area contributed by atoms with Crippen LogP contribution < -0.4 is 0 Å². The Morgan fingerprint density at radius 3 is 1.92 bits per heavy atom. The number of hydrogen-bond acceptors (Lipinski definition) is 0. The second kappa shape index (κ2) is 5.67. The molecule has 0 bridgehead atoms. The molecule has 0 aromatic rings. The van der Waals surface area contributed by atoms with E-state index in [0.29, 0.717) is 5.41 Å². The Bertz CT molecular complexity index is 116. The lowest BCUT2D eigenvalue weighted by Gasteiger charge is -2.20. The molecular formula is C13H28. The molecule has 1 unspecified atom stereocenters. The Labute approximate surface area is 85.1 Å². The van der Waals surface area contributed by atoms with Crippen molar-refractivity contribution < 1.29 is 0 Å². The van der Waals surface area contributed by atoms with Gasteiger partial charge in [0.2, 0.25) is 0 Å². The van der Waals surface area contributed by atoms with Crippen LogP contribution in [-0.2, 0) is 0 Å². The van der Waals surface area contributed by atoms with Gasteiger partial charge in [-0.3, -0.25) is 0 Å². The van der Waals surface area contributed by atoms with Crippen LogP contribution in [0.3, 0.4) is 0 Å². The van der Waals surface area contributed by atoms with E-state index < -0.39 is 0 Å². The average Bonchev–Trinajstić information content (AvgIpc) is 1.81. The SMILES string of the molecule is CC(C)CC(C)CCCC(C)(C)C. The third-order valence-corrected chi connectivity index (χ3v) is 2.50. The van der Waals surface area contributed by atoms with E-state index in [4.69, 9.17) is 0 Å². The first-order valence-electron chi connectivity index (χ1n) is 5.81. The molecule has 0 heteroatoms. The highest BCUT2D eigenvalue weighted by Crippen LogP contribution is 2.25. The maximum absolute atomic E-state index is 2.39. The van der Waals surface area contributed by atoms with Gasteiger partial charge in [-0.05, 0) is 30.1 Å². The molecule has 0 aliphatic carbocycles. The van der Waals surface area contributed by atoms with E-state index in [1.54, 1.807) is 0 Å². The average molecular weight is 184 g/mol. The fraction of sp³-hybridized carbons (Fsp3) is 1.00. The Hall–Kier alpha value is 0. The molecule has 0 spiro atoms. The highest BCUT2D eigenvalue weighted by Gasteiger charge is 2.11. The van der Waals surface area contributed by atoms with E-state index in [9.17, 15) is 0 Å². The molecular weight excluding hydrogens is 156 g/mol. The van der Waals surface area contributed by atoms with Crippen LogP contribution in [0, 0.1) is 17.3 Å². The Kier molecular flexibility index (Phi) is 5.67. The molecule has 0 saturated heterocycles. The van der Waals surface area contributed by atoms with E-state index in [-0.39, 0.29) is 0 Å². The second-order valence-corrected chi connectivity index (χ2v) is 6.19. The van der Waals surface area contributed by atoms with E-state index in [0.717, 1.165) is 11.8 Å². The largest absolute Gasteiger partial charge is 0.0628 e. The van der Waals surface area contributed by atoms with Crippen molar-refractivity contribution in [3.63, 3.8) is 0 Å². The Morgan fingerprint density at radius 2 is 1.54 bits per heavy atom. The quantitative estimate of drug-likeness (QED) is 0.571. The van der Waals surface area contributed by atoms with Crippen LogP contribution in [0.15, 0.2) is 0 Å². The van der Waals surface area contributed by atoms with Crippen LogP contribution in [0.5, 0.6) is 0 Å². The molecule has 0 fully saturated rings. The fourth-order valence-electron chi connectivity index (χ4n) is 1.90. The van der Waals surface area contributed by atoms with E-state index >= 15 is 0 Å². The zero-order valence-electron chi connectivity index (χ0n) is 10.5. The third-order valence-electron chi connectivity index (χ3n) is 2.50. The zero-order valence-corrected chi connectivity index (χ0v) is 10.5. The van der Waals surface area contributed by atoms with Gasteiger partial charge in [-0.25, -0.2) is 0 Å². The summed E-state index contributed by atoms with van der Waals surface area (Å²) in [6.07, 6.45) is 5.58. The maximum Gasteiger partial charge on any atom is -0.0383 e. The Morgan fingerprint density at radius 1 is 1.00 bits per heavy atom. The molecule has 0 N–H and O–H groups in total. The monoisotopic (exact) mass is 184 g/mol. The van der Waals surface area contributed by atoms with Crippen molar-refractivity contribution in [3.05, 3.63) is 0 Å². The molecule has 0 aliphatic heterocycles. The summed E-state index contributed by atoms with van der Waals surface area (Å²) in [6.45, 7) is 14.0. The van der Waals surface area contributed by atoms with Crippen LogP contribution in [0.4, 0.5) is 0 Å². The molecule has 0 rings (SSSR count). The first kappa shape index (κ1) is 13.0. The van der Waals surface area contributed by atoms with Gasteiger partial charge in [0.05, 0.1) is 0 Å². The fourth-order valence-corrected chi connectivity index (χ4v) is 1.90. The summed E-state index contributed by atoms with van der Waals surface area (Å²) in [5.74, 6) is 1.78. The van der Waals surface area contributed by atoms with Crippen LogP contribution in [0.25, 0.3) is 0 Å². The first-order valence-corrected chi connectivity index (χ1v) is 5.81. The predicted molar refractivity (Wildman–Crippen MR) is 61.9 cm³/mol. The third kappa shape index (κ3) is 9.92. The van der Waals surface area contributed by atoms with Gasteiger partial charge in [-0.15, -0.1) is 0 Å². The smallest absolute Gasteiger partial charge is 0.0383 e. The lowest BCUT2D eigenvalue weighted by molar-refractivity contribution is 0.327. The van der Waals surface area contributed by atoms with Crippen molar-refractivity contribution in [2.24, 2.45) is 17.3 Å².